The highest BCUT2D eigenvalue weighted by Crippen LogP contribution is 2.28. The highest BCUT2D eigenvalue weighted by molar-refractivity contribution is 7.23. The summed E-state index contributed by atoms with van der Waals surface area (Å²) in [5.41, 5.74) is 3.47. The lowest BCUT2D eigenvalue weighted by atomic mass is 10.1. The number of nitrogens with one attached hydrogen (secondary N) is 1. The lowest BCUT2D eigenvalue weighted by Crippen LogP contribution is -2.00. The number of carbonyl (C=O) groups excluding carboxylic acids is 1. The number of hydrogen-bond donors (Lipinski definition) is 1. The Balaban J connectivity index is 1.56. The number of imidazole rings is 1. The van der Waals surface area contributed by atoms with Crippen molar-refractivity contribution < 1.29 is 4.79 Å². The fourth-order valence-corrected chi connectivity index (χ4v) is 3.68. The van der Waals surface area contributed by atoms with Crippen LogP contribution in [0.2, 0.25) is 0 Å². The average Bonchev–Trinajstić information content (AvgIpc) is 3.38. The van der Waals surface area contributed by atoms with E-state index in [0.717, 1.165) is 32.3 Å². The van der Waals surface area contributed by atoms with Gasteiger partial charge in [-0.3, -0.25) is 9.20 Å². The second kappa shape index (κ2) is 5.74. The quantitative estimate of drug-likeness (QED) is 0.497. The third-order valence-corrected chi connectivity index (χ3v) is 4.92. The minimum Gasteiger partial charge on any atom is -0.329 e. The van der Waals surface area contributed by atoms with E-state index in [2.05, 4.69) is 25.4 Å². The van der Waals surface area contributed by atoms with E-state index in [0.29, 0.717) is 12.4 Å². The van der Waals surface area contributed by atoms with E-state index in [1.54, 1.807) is 23.3 Å². The van der Waals surface area contributed by atoms with Crippen LogP contribution >= 0.6 is 11.3 Å². The molecule has 8 nitrogen and oxygen atoms in total. The number of amides is 1. The summed E-state index contributed by atoms with van der Waals surface area (Å²) < 4.78 is 3.61. The Bertz CT molecular complexity index is 1220. The second-order valence-corrected chi connectivity index (χ2v) is 6.49. The van der Waals surface area contributed by atoms with Crippen molar-refractivity contribution in [1.29, 1.82) is 0 Å². The lowest BCUT2D eigenvalue weighted by molar-refractivity contribution is -0.105. The Kier molecular flexibility index (Phi) is 3.25. The topological polar surface area (TPSA) is 90.0 Å². The third kappa shape index (κ3) is 2.33. The van der Waals surface area contributed by atoms with Crippen LogP contribution in [0.25, 0.3) is 32.5 Å². The van der Waals surface area contributed by atoms with E-state index in [9.17, 15) is 4.79 Å². The highest BCUT2D eigenvalue weighted by atomic mass is 32.1. The molecule has 0 bridgehead atoms. The van der Waals surface area contributed by atoms with Gasteiger partial charge in [-0.2, -0.15) is 10.1 Å². The molecular weight excluding hydrogens is 350 g/mol. The van der Waals surface area contributed by atoms with E-state index >= 15 is 0 Å². The molecule has 0 radical (unpaired) electrons. The minimum atomic E-state index is 0.533. The molecule has 0 atom stereocenters. The standard InChI is InChI=1S/C17H11N7OS/c25-10-19-12-4-2-11(3-5-12)13-9-23-14-8-18-16(24-7-1-6-20-24)22-15(14)26-17(23)21-13/h1-10H,(H,19,25). The first-order valence-electron chi connectivity index (χ1n) is 7.77. The monoisotopic (exact) mass is 361 g/mol. The van der Waals surface area contributed by atoms with Gasteiger partial charge in [0.25, 0.3) is 5.95 Å². The normalized spacial score (nSPS) is 11.2. The van der Waals surface area contributed by atoms with Gasteiger partial charge in [-0.05, 0) is 18.2 Å². The Morgan fingerprint density at radius 1 is 1.15 bits per heavy atom. The molecule has 1 aromatic carbocycles. The van der Waals surface area contributed by atoms with Crippen molar-refractivity contribution in [2.24, 2.45) is 0 Å². The van der Waals surface area contributed by atoms with Gasteiger partial charge >= 0.3 is 0 Å². The number of benzene rings is 1. The zero-order valence-corrected chi connectivity index (χ0v) is 14.1. The molecule has 0 saturated heterocycles. The minimum absolute atomic E-state index is 0.533. The zero-order chi connectivity index (χ0) is 17.5. The van der Waals surface area contributed by atoms with Crippen LogP contribution in [0.15, 0.2) is 55.1 Å². The van der Waals surface area contributed by atoms with Gasteiger partial charge in [0.15, 0.2) is 4.96 Å². The molecular formula is C17H11N7OS. The van der Waals surface area contributed by atoms with Gasteiger partial charge in [0.2, 0.25) is 6.41 Å². The van der Waals surface area contributed by atoms with Gasteiger partial charge in [-0.1, -0.05) is 23.5 Å². The molecule has 9 heteroatoms. The van der Waals surface area contributed by atoms with Crippen molar-refractivity contribution in [2.45, 2.75) is 0 Å². The van der Waals surface area contributed by atoms with Gasteiger partial charge in [-0.25, -0.2) is 14.6 Å². The number of thiazole rings is 1. The molecule has 4 aromatic heterocycles. The molecule has 0 saturated carbocycles. The first-order chi connectivity index (χ1) is 12.8. The van der Waals surface area contributed by atoms with Crippen molar-refractivity contribution >= 4 is 38.7 Å². The summed E-state index contributed by atoms with van der Waals surface area (Å²) >= 11 is 1.50. The van der Waals surface area contributed by atoms with E-state index < -0.39 is 0 Å². The maximum atomic E-state index is 10.5. The van der Waals surface area contributed by atoms with Gasteiger partial charge in [-0.15, -0.1) is 0 Å². The molecule has 26 heavy (non-hydrogen) atoms. The summed E-state index contributed by atoms with van der Waals surface area (Å²) in [6.45, 7) is 0. The Morgan fingerprint density at radius 3 is 2.81 bits per heavy atom. The number of carbonyl (C=O) groups is 1. The van der Waals surface area contributed by atoms with E-state index in [1.165, 1.54) is 11.3 Å². The Hall–Kier alpha value is -3.59. The molecule has 1 amide bonds. The largest absolute Gasteiger partial charge is 0.329 e. The van der Waals surface area contributed by atoms with Crippen molar-refractivity contribution in [2.75, 3.05) is 5.32 Å². The fourth-order valence-electron chi connectivity index (χ4n) is 2.73. The number of rotatable bonds is 4. The molecule has 4 heterocycles. The fraction of sp³-hybridized carbons (Fsp3) is 0. The Morgan fingerprint density at radius 2 is 2.04 bits per heavy atom. The summed E-state index contributed by atoms with van der Waals surface area (Å²) in [5, 5.41) is 6.78. The van der Waals surface area contributed by atoms with Crippen LogP contribution in [0.5, 0.6) is 0 Å². The summed E-state index contributed by atoms with van der Waals surface area (Å²) in [5.74, 6) is 0.533. The number of aromatic nitrogens is 6. The first-order valence-corrected chi connectivity index (χ1v) is 8.59. The lowest BCUT2D eigenvalue weighted by Gasteiger charge is -2.00. The molecule has 0 aliphatic carbocycles. The van der Waals surface area contributed by atoms with Gasteiger partial charge in [0.1, 0.15) is 10.3 Å². The van der Waals surface area contributed by atoms with Gasteiger partial charge in [0.05, 0.1) is 11.9 Å². The van der Waals surface area contributed by atoms with Crippen LogP contribution in [0.4, 0.5) is 5.69 Å². The molecule has 5 aromatic rings. The molecule has 0 aliphatic rings. The van der Waals surface area contributed by atoms with E-state index in [-0.39, 0.29) is 0 Å². The van der Waals surface area contributed by atoms with E-state index in [1.807, 2.05) is 40.9 Å². The predicted octanol–water partition coefficient (Wildman–Crippen LogP) is 2.76. The second-order valence-electron chi connectivity index (χ2n) is 5.53. The predicted molar refractivity (Wildman–Crippen MR) is 98.4 cm³/mol. The summed E-state index contributed by atoms with van der Waals surface area (Å²) in [4.78, 5) is 25.8. The Labute approximate surface area is 150 Å². The summed E-state index contributed by atoms with van der Waals surface area (Å²) in [6, 6.07) is 9.36. The van der Waals surface area contributed by atoms with Crippen LogP contribution in [-0.2, 0) is 4.79 Å². The average molecular weight is 361 g/mol. The molecule has 0 unspecified atom stereocenters. The SMILES string of the molecule is O=CNc1ccc(-c2cn3c(n2)sc2nc(-n4cccn4)ncc23)cc1. The highest BCUT2D eigenvalue weighted by Gasteiger charge is 2.13. The smallest absolute Gasteiger partial charge is 0.251 e. The van der Waals surface area contributed by atoms with Gasteiger partial charge in [0, 0.05) is 29.8 Å². The zero-order valence-electron chi connectivity index (χ0n) is 13.3. The van der Waals surface area contributed by atoms with Crippen molar-refractivity contribution in [3.05, 3.63) is 55.1 Å². The summed E-state index contributed by atoms with van der Waals surface area (Å²) in [7, 11) is 0. The van der Waals surface area contributed by atoms with Crippen LogP contribution in [0.3, 0.4) is 0 Å². The van der Waals surface area contributed by atoms with E-state index in [4.69, 9.17) is 0 Å². The molecule has 0 spiro atoms. The van der Waals surface area contributed by atoms with Crippen LogP contribution < -0.4 is 5.32 Å². The van der Waals surface area contributed by atoms with Crippen LogP contribution in [0.1, 0.15) is 0 Å². The van der Waals surface area contributed by atoms with Crippen LogP contribution in [0, 0.1) is 0 Å². The van der Waals surface area contributed by atoms with Crippen molar-refractivity contribution in [3.63, 3.8) is 0 Å². The number of hydrogen-bond acceptors (Lipinski definition) is 6. The first kappa shape index (κ1) is 14.7. The van der Waals surface area contributed by atoms with Crippen molar-refractivity contribution in [3.8, 4) is 17.2 Å². The molecule has 5 rings (SSSR count). The van der Waals surface area contributed by atoms with Crippen LogP contribution in [-0.4, -0.2) is 35.5 Å². The molecule has 0 aliphatic heterocycles. The van der Waals surface area contributed by atoms with Crippen molar-refractivity contribution in [1.82, 2.24) is 29.1 Å². The third-order valence-electron chi connectivity index (χ3n) is 3.96. The number of nitrogens with zero attached hydrogens (tertiary/aromatic N) is 6. The molecule has 0 fully saturated rings. The molecule has 126 valence electrons. The maximum absolute atomic E-state index is 10.5. The van der Waals surface area contributed by atoms with Gasteiger partial charge < -0.3 is 5.32 Å². The summed E-state index contributed by atoms with van der Waals surface area (Å²) in [6.07, 6.45) is 7.90. The number of anilines is 1. The maximum Gasteiger partial charge on any atom is 0.251 e. The number of fused-ring (bicyclic) bond motifs is 3. The molecule has 1 N–H and O–H groups in total.